The molecule has 1 saturated carbocycles. The molecule has 26 heavy (non-hydrogen) atoms. The summed E-state index contributed by atoms with van der Waals surface area (Å²) >= 11 is 1.42. The highest BCUT2D eigenvalue weighted by atomic mass is 32.1. The van der Waals surface area contributed by atoms with E-state index in [1.807, 2.05) is 18.2 Å². The first kappa shape index (κ1) is 16.9. The second kappa shape index (κ2) is 6.65. The summed E-state index contributed by atoms with van der Waals surface area (Å²) in [5.41, 5.74) is 12.7. The van der Waals surface area contributed by atoms with Gasteiger partial charge in [-0.25, -0.2) is 14.6 Å². The van der Waals surface area contributed by atoms with Crippen LogP contribution in [0.15, 0.2) is 18.2 Å². The number of primary amides is 1. The Morgan fingerprint density at radius 1 is 1.31 bits per heavy atom. The topological polar surface area (TPSA) is 133 Å². The molecule has 1 amide bonds. The Balaban J connectivity index is 1.81. The van der Waals surface area contributed by atoms with Crippen molar-refractivity contribution in [3.8, 4) is 11.4 Å². The van der Waals surface area contributed by atoms with Crippen LogP contribution < -0.4 is 11.5 Å². The van der Waals surface area contributed by atoms with Gasteiger partial charge in [-0.05, 0) is 31.0 Å². The van der Waals surface area contributed by atoms with Crippen molar-refractivity contribution in [2.45, 2.75) is 44.2 Å². The number of hydrogen-bond donors (Lipinski definition) is 3. The van der Waals surface area contributed by atoms with Crippen LogP contribution in [0.4, 0.5) is 5.13 Å². The van der Waals surface area contributed by atoms with Crippen molar-refractivity contribution in [1.29, 1.82) is 0 Å². The molecule has 1 aliphatic rings. The summed E-state index contributed by atoms with van der Waals surface area (Å²) in [5.74, 6) is 0.490. The number of benzene rings is 1. The standard InChI is InChI=1S/C17H20N6O2S/c18-14(25)8-15-21-16(23(22-15)11-3-1-2-4-12(11)24)9-5-6-13-10(7-9)20-17(19)26-13/h5-7,11-12,24H,1-4,8H2,(H2,18,25)(H2,19,20)/t11-,12-/m1/s1. The van der Waals surface area contributed by atoms with E-state index in [1.165, 1.54) is 11.3 Å². The van der Waals surface area contributed by atoms with Gasteiger partial charge in [-0.3, -0.25) is 4.79 Å². The SMILES string of the molecule is NC(=O)Cc1nc(-c2ccc3sc(N)nc3c2)n([C@@H]2CCCC[C@H]2O)n1. The molecular formula is C17H20N6O2S. The van der Waals surface area contributed by atoms with Crippen LogP contribution in [0.5, 0.6) is 0 Å². The highest BCUT2D eigenvalue weighted by Gasteiger charge is 2.29. The van der Waals surface area contributed by atoms with Crippen molar-refractivity contribution in [1.82, 2.24) is 19.7 Å². The number of carbonyl (C=O) groups excluding carboxylic acids is 1. The molecule has 2 aromatic heterocycles. The first-order valence-corrected chi connectivity index (χ1v) is 9.41. The van der Waals surface area contributed by atoms with Crippen LogP contribution in [-0.2, 0) is 11.2 Å². The average molecular weight is 372 g/mol. The van der Waals surface area contributed by atoms with E-state index in [4.69, 9.17) is 11.5 Å². The van der Waals surface area contributed by atoms with E-state index in [9.17, 15) is 9.90 Å². The van der Waals surface area contributed by atoms with Gasteiger partial charge >= 0.3 is 0 Å². The molecule has 4 rings (SSSR count). The van der Waals surface area contributed by atoms with Crippen LogP contribution >= 0.6 is 11.3 Å². The molecule has 0 radical (unpaired) electrons. The second-order valence-electron chi connectivity index (χ2n) is 6.59. The van der Waals surface area contributed by atoms with Gasteiger partial charge in [0.15, 0.2) is 16.8 Å². The fourth-order valence-electron chi connectivity index (χ4n) is 3.49. The van der Waals surface area contributed by atoms with E-state index in [2.05, 4.69) is 15.1 Å². The van der Waals surface area contributed by atoms with Gasteiger partial charge in [-0.2, -0.15) is 5.10 Å². The van der Waals surface area contributed by atoms with Gasteiger partial charge < -0.3 is 16.6 Å². The lowest BCUT2D eigenvalue weighted by molar-refractivity contribution is -0.117. The van der Waals surface area contributed by atoms with Crippen molar-refractivity contribution in [2.24, 2.45) is 5.73 Å². The van der Waals surface area contributed by atoms with Crippen LogP contribution in [0.25, 0.3) is 21.6 Å². The summed E-state index contributed by atoms with van der Waals surface area (Å²) in [7, 11) is 0. The molecule has 9 heteroatoms. The third-order valence-electron chi connectivity index (χ3n) is 4.68. The summed E-state index contributed by atoms with van der Waals surface area (Å²) in [5, 5.41) is 15.5. The lowest BCUT2D eigenvalue weighted by Gasteiger charge is -2.28. The molecule has 0 unspecified atom stereocenters. The molecule has 2 heterocycles. The van der Waals surface area contributed by atoms with E-state index < -0.39 is 12.0 Å². The third kappa shape index (κ3) is 3.15. The van der Waals surface area contributed by atoms with E-state index >= 15 is 0 Å². The van der Waals surface area contributed by atoms with Gasteiger partial charge in [0.1, 0.15) is 0 Å². The van der Waals surface area contributed by atoms with Gasteiger partial charge in [0.05, 0.1) is 28.8 Å². The molecule has 136 valence electrons. The lowest BCUT2D eigenvalue weighted by atomic mass is 9.92. The molecule has 1 aromatic carbocycles. The zero-order chi connectivity index (χ0) is 18.3. The number of hydrogen-bond acceptors (Lipinski definition) is 7. The maximum Gasteiger partial charge on any atom is 0.225 e. The predicted molar refractivity (Wildman–Crippen MR) is 99.5 cm³/mol. The summed E-state index contributed by atoms with van der Waals surface area (Å²) in [6.45, 7) is 0. The first-order valence-electron chi connectivity index (χ1n) is 8.59. The Hall–Kier alpha value is -2.52. The van der Waals surface area contributed by atoms with Gasteiger partial charge in [-0.1, -0.05) is 24.2 Å². The maximum atomic E-state index is 11.3. The minimum Gasteiger partial charge on any atom is -0.391 e. The van der Waals surface area contributed by atoms with E-state index in [1.54, 1.807) is 4.68 Å². The largest absolute Gasteiger partial charge is 0.391 e. The Kier molecular flexibility index (Phi) is 4.33. The van der Waals surface area contributed by atoms with Crippen LogP contribution in [0, 0.1) is 0 Å². The minimum atomic E-state index is -0.486. The highest BCUT2D eigenvalue weighted by molar-refractivity contribution is 7.22. The smallest absolute Gasteiger partial charge is 0.225 e. The number of nitrogen functional groups attached to an aromatic ring is 1. The normalized spacial score (nSPS) is 20.5. The van der Waals surface area contributed by atoms with Gasteiger partial charge in [-0.15, -0.1) is 0 Å². The summed E-state index contributed by atoms with van der Waals surface area (Å²) in [6.07, 6.45) is 3.06. The third-order valence-corrected chi connectivity index (χ3v) is 5.54. The number of nitrogens with zero attached hydrogens (tertiary/aromatic N) is 4. The molecule has 8 nitrogen and oxygen atoms in total. The van der Waals surface area contributed by atoms with Crippen LogP contribution in [0.2, 0.25) is 0 Å². The molecule has 2 atom stereocenters. The van der Waals surface area contributed by atoms with Crippen LogP contribution in [0.1, 0.15) is 37.5 Å². The average Bonchev–Trinajstić information content (AvgIpc) is 3.16. The van der Waals surface area contributed by atoms with Crippen LogP contribution in [-0.4, -0.2) is 36.9 Å². The van der Waals surface area contributed by atoms with Gasteiger partial charge in [0, 0.05) is 5.56 Å². The van der Waals surface area contributed by atoms with Crippen molar-refractivity contribution in [3.05, 3.63) is 24.0 Å². The molecule has 5 N–H and O–H groups in total. The first-order chi connectivity index (χ1) is 12.5. The fraction of sp³-hybridized carbons (Fsp3) is 0.412. The number of rotatable bonds is 4. The molecule has 0 aliphatic heterocycles. The van der Waals surface area contributed by atoms with E-state index in [-0.39, 0.29) is 12.5 Å². The maximum absolute atomic E-state index is 11.3. The van der Waals surface area contributed by atoms with Crippen molar-refractivity contribution >= 4 is 32.6 Å². The number of aromatic nitrogens is 4. The quantitative estimate of drug-likeness (QED) is 0.637. The molecule has 1 aliphatic carbocycles. The Morgan fingerprint density at radius 2 is 2.12 bits per heavy atom. The van der Waals surface area contributed by atoms with Crippen molar-refractivity contribution in [3.63, 3.8) is 0 Å². The molecule has 1 fully saturated rings. The van der Waals surface area contributed by atoms with Crippen molar-refractivity contribution in [2.75, 3.05) is 5.73 Å². The summed E-state index contributed by atoms with van der Waals surface area (Å²) < 4.78 is 2.74. The Bertz CT molecular complexity index is 965. The summed E-state index contributed by atoms with van der Waals surface area (Å²) in [6, 6.07) is 5.63. The Labute approximate surface area is 153 Å². The number of aliphatic hydroxyl groups is 1. The molecule has 0 bridgehead atoms. The zero-order valence-electron chi connectivity index (χ0n) is 14.1. The van der Waals surface area contributed by atoms with E-state index in [0.29, 0.717) is 16.8 Å². The predicted octanol–water partition coefficient (Wildman–Crippen LogP) is 1.64. The fourth-order valence-corrected chi connectivity index (χ4v) is 4.20. The number of anilines is 1. The Morgan fingerprint density at radius 3 is 2.88 bits per heavy atom. The molecule has 0 saturated heterocycles. The number of aliphatic hydroxyl groups excluding tert-OH is 1. The molecule has 3 aromatic rings. The number of fused-ring (bicyclic) bond motifs is 1. The van der Waals surface area contributed by atoms with Gasteiger partial charge in [0.25, 0.3) is 0 Å². The van der Waals surface area contributed by atoms with Crippen molar-refractivity contribution < 1.29 is 9.90 Å². The molecule has 0 spiro atoms. The molecular weight excluding hydrogens is 352 g/mol. The van der Waals surface area contributed by atoms with E-state index in [0.717, 1.165) is 41.5 Å². The number of thiazole rings is 1. The number of amides is 1. The van der Waals surface area contributed by atoms with Crippen LogP contribution in [0.3, 0.4) is 0 Å². The number of carbonyl (C=O) groups is 1. The van der Waals surface area contributed by atoms with Gasteiger partial charge in [0.2, 0.25) is 5.91 Å². The minimum absolute atomic E-state index is 0.0330. The lowest BCUT2D eigenvalue weighted by Crippen LogP contribution is -2.29. The second-order valence-corrected chi connectivity index (χ2v) is 7.66. The monoisotopic (exact) mass is 372 g/mol. The number of nitrogens with two attached hydrogens (primary N) is 2. The summed E-state index contributed by atoms with van der Waals surface area (Å²) in [4.78, 5) is 20.2. The highest BCUT2D eigenvalue weighted by Crippen LogP contribution is 2.33. The zero-order valence-corrected chi connectivity index (χ0v) is 14.9.